The topological polar surface area (TPSA) is 73.1 Å². The number of aromatic nitrogens is 2. The molecule has 1 heterocycles. The Labute approximate surface area is 95.4 Å². The molecule has 2 rings (SSSR count). The summed E-state index contributed by atoms with van der Waals surface area (Å²) < 4.78 is 5.53. The van der Waals surface area contributed by atoms with Crippen molar-refractivity contribution >= 4 is 5.82 Å². The van der Waals surface area contributed by atoms with Crippen molar-refractivity contribution in [2.24, 2.45) is 11.8 Å². The third kappa shape index (κ3) is 3.43. The largest absolute Gasteiger partial charge is 0.373 e. The Bertz CT molecular complexity index is 352. The van der Waals surface area contributed by atoms with Gasteiger partial charge in [0.1, 0.15) is 12.4 Å². The predicted molar refractivity (Wildman–Crippen MR) is 61.6 cm³/mol. The summed E-state index contributed by atoms with van der Waals surface area (Å²) in [5.41, 5.74) is 3.41. The number of hydrogen-bond acceptors (Lipinski definition) is 5. The first kappa shape index (κ1) is 11.3. The smallest absolute Gasteiger partial charge is 0.156 e. The van der Waals surface area contributed by atoms with E-state index >= 15 is 0 Å². The molecular formula is C11H18N4O. The van der Waals surface area contributed by atoms with Gasteiger partial charge in [-0.2, -0.15) is 0 Å². The van der Waals surface area contributed by atoms with E-state index in [1.165, 1.54) is 12.8 Å². The summed E-state index contributed by atoms with van der Waals surface area (Å²) in [5, 5.41) is 0. The Morgan fingerprint density at radius 2 is 2.31 bits per heavy atom. The van der Waals surface area contributed by atoms with Gasteiger partial charge in [0.25, 0.3) is 0 Å². The second-order valence-electron chi connectivity index (χ2n) is 4.24. The molecule has 0 radical (unpaired) electrons. The van der Waals surface area contributed by atoms with Crippen molar-refractivity contribution < 1.29 is 4.74 Å². The van der Waals surface area contributed by atoms with Gasteiger partial charge in [-0.1, -0.05) is 12.8 Å². The van der Waals surface area contributed by atoms with Crippen molar-refractivity contribution in [3.8, 4) is 0 Å². The van der Waals surface area contributed by atoms with Crippen molar-refractivity contribution in [1.82, 2.24) is 9.97 Å². The summed E-state index contributed by atoms with van der Waals surface area (Å²) in [5.74, 6) is 7.53. The van der Waals surface area contributed by atoms with Crippen molar-refractivity contribution in [2.45, 2.75) is 32.8 Å². The molecule has 1 aliphatic carbocycles. The number of anilines is 1. The number of hydrazine groups is 1. The van der Waals surface area contributed by atoms with Crippen LogP contribution in [0.1, 0.15) is 30.8 Å². The molecule has 0 unspecified atom stereocenters. The normalized spacial score (nSPS) is 15.1. The van der Waals surface area contributed by atoms with Crippen molar-refractivity contribution in [3.05, 3.63) is 17.6 Å². The Morgan fingerprint density at radius 1 is 1.50 bits per heavy atom. The molecule has 5 heteroatoms. The van der Waals surface area contributed by atoms with E-state index in [-0.39, 0.29) is 0 Å². The van der Waals surface area contributed by atoms with Gasteiger partial charge in [0.15, 0.2) is 5.82 Å². The Balaban J connectivity index is 1.80. The fourth-order valence-corrected chi connectivity index (χ4v) is 1.59. The van der Waals surface area contributed by atoms with Gasteiger partial charge < -0.3 is 10.2 Å². The van der Waals surface area contributed by atoms with Gasteiger partial charge in [0.05, 0.1) is 0 Å². The minimum atomic E-state index is 0.461. The fourth-order valence-electron chi connectivity index (χ4n) is 1.59. The van der Waals surface area contributed by atoms with Crippen LogP contribution in [0.5, 0.6) is 0 Å². The first-order valence-corrected chi connectivity index (χ1v) is 5.67. The zero-order valence-corrected chi connectivity index (χ0v) is 9.57. The van der Waals surface area contributed by atoms with Gasteiger partial charge >= 0.3 is 0 Å². The van der Waals surface area contributed by atoms with Crippen LogP contribution in [0.3, 0.4) is 0 Å². The van der Waals surface area contributed by atoms with E-state index in [4.69, 9.17) is 10.6 Å². The molecule has 0 bridgehead atoms. The van der Waals surface area contributed by atoms with E-state index in [9.17, 15) is 0 Å². The maximum absolute atomic E-state index is 5.53. The first-order chi connectivity index (χ1) is 7.78. The lowest BCUT2D eigenvalue weighted by Crippen LogP contribution is -2.11. The van der Waals surface area contributed by atoms with Gasteiger partial charge in [-0.3, -0.25) is 0 Å². The number of ether oxygens (including phenoxy) is 1. The molecule has 0 aromatic carbocycles. The van der Waals surface area contributed by atoms with Crippen LogP contribution in [0.25, 0.3) is 0 Å². The van der Waals surface area contributed by atoms with Crippen LogP contribution in [-0.2, 0) is 11.3 Å². The van der Waals surface area contributed by atoms with Crippen LogP contribution in [-0.4, -0.2) is 16.6 Å². The highest BCUT2D eigenvalue weighted by Crippen LogP contribution is 2.32. The van der Waals surface area contributed by atoms with Gasteiger partial charge in [-0.05, 0) is 19.3 Å². The monoisotopic (exact) mass is 222 g/mol. The molecule has 88 valence electrons. The van der Waals surface area contributed by atoms with Crippen LogP contribution in [0.4, 0.5) is 5.82 Å². The molecule has 0 aliphatic heterocycles. The van der Waals surface area contributed by atoms with Gasteiger partial charge in [-0.25, -0.2) is 15.8 Å². The third-order valence-corrected chi connectivity index (χ3v) is 2.65. The molecule has 0 saturated heterocycles. The molecule has 16 heavy (non-hydrogen) atoms. The molecule has 3 N–H and O–H groups in total. The summed E-state index contributed by atoms with van der Waals surface area (Å²) in [7, 11) is 0. The number of nitrogens with two attached hydrogens (primary N) is 1. The number of aryl methyl sites for hydroxylation is 1. The zero-order valence-electron chi connectivity index (χ0n) is 9.57. The number of nitrogens with one attached hydrogen (secondary N) is 1. The maximum atomic E-state index is 5.53. The zero-order chi connectivity index (χ0) is 11.4. The summed E-state index contributed by atoms with van der Waals surface area (Å²) in [6.45, 7) is 3.17. The summed E-state index contributed by atoms with van der Waals surface area (Å²) in [6.07, 6.45) is 3.89. The first-order valence-electron chi connectivity index (χ1n) is 5.67. The average Bonchev–Trinajstić information content (AvgIpc) is 3.07. The lowest BCUT2D eigenvalue weighted by Gasteiger charge is -2.06. The molecular weight excluding hydrogens is 204 g/mol. The fraction of sp³-hybridized carbons (Fsp3) is 0.636. The number of nitrogens with zero attached hydrogens (tertiary/aromatic N) is 2. The maximum Gasteiger partial charge on any atom is 0.156 e. The van der Waals surface area contributed by atoms with Crippen LogP contribution >= 0.6 is 0 Å². The highest BCUT2D eigenvalue weighted by atomic mass is 16.5. The molecule has 1 saturated carbocycles. The summed E-state index contributed by atoms with van der Waals surface area (Å²) in [4.78, 5) is 8.49. The van der Waals surface area contributed by atoms with Crippen molar-refractivity contribution in [2.75, 3.05) is 12.0 Å². The SMILES string of the molecule is Cc1cc(NN)nc(COCCC2CC2)n1. The van der Waals surface area contributed by atoms with Gasteiger partial charge in [-0.15, -0.1) is 0 Å². The number of rotatable bonds is 6. The Kier molecular flexibility index (Phi) is 3.69. The Hall–Kier alpha value is -1.20. The molecule has 1 aromatic heterocycles. The van der Waals surface area contributed by atoms with E-state index in [0.717, 1.165) is 24.6 Å². The van der Waals surface area contributed by atoms with Crippen molar-refractivity contribution in [1.29, 1.82) is 0 Å². The number of hydrogen-bond donors (Lipinski definition) is 2. The van der Waals surface area contributed by atoms with E-state index in [1.807, 2.05) is 6.92 Å². The molecule has 1 fully saturated rings. The van der Waals surface area contributed by atoms with Crippen LogP contribution in [0.15, 0.2) is 6.07 Å². The van der Waals surface area contributed by atoms with Gasteiger partial charge in [0, 0.05) is 18.4 Å². The second kappa shape index (κ2) is 5.23. The summed E-state index contributed by atoms with van der Waals surface area (Å²) >= 11 is 0. The van der Waals surface area contributed by atoms with E-state index in [0.29, 0.717) is 18.2 Å². The molecule has 1 aromatic rings. The number of nitrogen functional groups attached to an aromatic ring is 1. The predicted octanol–water partition coefficient (Wildman–Crippen LogP) is 1.39. The van der Waals surface area contributed by atoms with Gasteiger partial charge in [0.2, 0.25) is 0 Å². The highest BCUT2D eigenvalue weighted by Gasteiger charge is 2.20. The molecule has 0 amide bonds. The molecule has 1 aliphatic rings. The van der Waals surface area contributed by atoms with Crippen LogP contribution in [0.2, 0.25) is 0 Å². The average molecular weight is 222 g/mol. The lowest BCUT2D eigenvalue weighted by molar-refractivity contribution is 0.110. The molecule has 0 atom stereocenters. The van der Waals surface area contributed by atoms with Crippen LogP contribution < -0.4 is 11.3 Å². The second-order valence-corrected chi connectivity index (χ2v) is 4.24. The van der Waals surface area contributed by atoms with E-state index < -0.39 is 0 Å². The summed E-state index contributed by atoms with van der Waals surface area (Å²) in [6, 6.07) is 1.80. The highest BCUT2D eigenvalue weighted by molar-refractivity contribution is 5.33. The Morgan fingerprint density at radius 3 is 3.00 bits per heavy atom. The minimum Gasteiger partial charge on any atom is -0.373 e. The van der Waals surface area contributed by atoms with E-state index in [1.54, 1.807) is 6.07 Å². The quantitative estimate of drug-likeness (QED) is 0.432. The van der Waals surface area contributed by atoms with E-state index in [2.05, 4.69) is 15.4 Å². The minimum absolute atomic E-state index is 0.461. The lowest BCUT2D eigenvalue weighted by atomic mass is 10.3. The van der Waals surface area contributed by atoms with Crippen LogP contribution in [0, 0.1) is 12.8 Å². The molecule has 0 spiro atoms. The molecule has 5 nitrogen and oxygen atoms in total. The standard InChI is InChI=1S/C11H18N4O/c1-8-6-10(15-12)14-11(13-8)7-16-5-4-9-2-3-9/h6,9H,2-5,7,12H2,1H3,(H,13,14,15). The van der Waals surface area contributed by atoms with Crippen molar-refractivity contribution in [3.63, 3.8) is 0 Å². The third-order valence-electron chi connectivity index (χ3n) is 2.65.